The van der Waals surface area contributed by atoms with Gasteiger partial charge in [0, 0.05) is 16.4 Å². The van der Waals surface area contributed by atoms with Crippen molar-refractivity contribution in [3.8, 4) is 0 Å². The highest BCUT2D eigenvalue weighted by atomic mass is 79.9. The van der Waals surface area contributed by atoms with Crippen molar-refractivity contribution in [2.45, 2.75) is 43.0 Å². The van der Waals surface area contributed by atoms with Gasteiger partial charge in [0.1, 0.15) is 0 Å². The number of carbonyl (C=O) groups excluding carboxylic acids is 1. The molecular formula is C14H15BrF3NO. The molecule has 0 bridgehead atoms. The van der Waals surface area contributed by atoms with Crippen LogP contribution in [-0.4, -0.2) is 16.8 Å². The first kappa shape index (κ1) is 15.4. The molecule has 20 heavy (non-hydrogen) atoms. The van der Waals surface area contributed by atoms with Crippen molar-refractivity contribution in [2.75, 3.05) is 0 Å². The molecule has 2 nitrogen and oxygen atoms in total. The van der Waals surface area contributed by atoms with Crippen molar-refractivity contribution in [3.63, 3.8) is 0 Å². The van der Waals surface area contributed by atoms with Crippen LogP contribution >= 0.6 is 15.9 Å². The summed E-state index contributed by atoms with van der Waals surface area (Å²) in [5.74, 6) is -4.86. The van der Waals surface area contributed by atoms with Crippen molar-refractivity contribution in [2.24, 2.45) is 0 Å². The first-order valence-corrected chi connectivity index (χ1v) is 7.50. The lowest BCUT2D eigenvalue weighted by molar-refractivity contribution is 0.0933. The molecule has 1 aromatic carbocycles. The summed E-state index contributed by atoms with van der Waals surface area (Å²) in [7, 11) is 0. The Labute approximate surface area is 123 Å². The second kappa shape index (κ2) is 6.61. The summed E-state index contributed by atoms with van der Waals surface area (Å²) in [5.41, 5.74) is -0.203. The SMILES string of the molecule is O=C(NC1CCCCCC1Br)c1cc(F)c(F)c(F)c1. The molecule has 0 aliphatic heterocycles. The van der Waals surface area contributed by atoms with Gasteiger partial charge in [-0.3, -0.25) is 4.79 Å². The maximum absolute atomic E-state index is 13.1. The van der Waals surface area contributed by atoms with E-state index in [9.17, 15) is 18.0 Å². The zero-order valence-electron chi connectivity index (χ0n) is 10.8. The minimum absolute atomic E-state index is 0.0822. The standard InChI is InChI=1S/C14H15BrF3NO/c15-9-4-2-1-3-5-12(9)19-14(20)8-6-10(16)13(18)11(17)7-8/h6-7,9,12H,1-5H2,(H,19,20). The summed E-state index contributed by atoms with van der Waals surface area (Å²) in [5, 5.41) is 2.76. The minimum Gasteiger partial charge on any atom is -0.348 e. The van der Waals surface area contributed by atoms with Gasteiger partial charge in [-0.2, -0.15) is 0 Å². The van der Waals surface area contributed by atoms with E-state index < -0.39 is 23.4 Å². The lowest BCUT2D eigenvalue weighted by Crippen LogP contribution is -2.40. The first-order chi connectivity index (χ1) is 9.49. The average Bonchev–Trinajstić information content (AvgIpc) is 2.61. The molecule has 1 aromatic rings. The second-order valence-corrected chi connectivity index (χ2v) is 6.16. The fourth-order valence-electron chi connectivity index (χ4n) is 2.36. The van der Waals surface area contributed by atoms with Crippen molar-refractivity contribution in [3.05, 3.63) is 35.1 Å². The third kappa shape index (κ3) is 3.53. The number of halogens is 4. The van der Waals surface area contributed by atoms with Crippen molar-refractivity contribution in [1.82, 2.24) is 5.32 Å². The van der Waals surface area contributed by atoms with E-state index in [1.807, 2.05) is 0 Å². The van der Waals surface area contributed by atoms with Gasteiger partial charge in [0.2, 0.25) is 0 Å². The molecule has 0 radical (unpaired) electrons. The van der Waals surface area contributed by atoms with Gasteiger partial charge in [0.15, 0.2) is 17.5 Å². The van der Waals surface area contributed by atoms with Crippen LogP contribution in [0.1, 0.15) is 42.5 Å². The number of hydrogen-bond donors (Lipinski definition) is 1. The second-order valence-electron chi connectivity index (χ2n) is 4.99. The Morgan fingerprint density at radius 1 is 1.10 bits per heavy atom. The molecular weight excluding hydrogens is 335 g/mol. The van der Waals surface area contributed by atoms with E-state index in [1.165, 1.54) is 0 Å². The van der Waals surface area contributed by atoms with Crippen LogP contribution in [0, 0.1) is 17.5 Å². The zero-order valence-corrected chi connectivity index (χ0v) is 12.4. The summed E-state index contributed by atoms with van der Waals surface area (Å²) < 4.78 is 39.1. The molecule has 1 fully saturated rings. The Morgan fingerprint density at radius 2 is 1.70 bits per heavy atom. The van der Waals surface area contributed by atoms with E-state index >= 15 is 0 Å². The van der Waals surface area contributed by atoms with Gasteiger partial charge in [0.25, 0.3) is 5.91 Å². The number of alkyl halides is 1. The van der Waals surface area contributed by atoms with E-state index in [0.29, 0.717) is 12.1 Å². The number of hydrogen-bond acceptors (Lipinski definition) is 1. The van der Waals surface area contributed by atoms with E-state index in [2.05, 4.69) is 21.2 Å². The van der Waals surface area contributed by atoms with E-state index in [1.54, 1.807) is 0 Å². The molecule has 1 saturated carbocycles. The Kier molecular flexibility index (Phi) is 5.07. The van der Waals surface area contributed by atoms with Gasteiger partial charge in [0.05, 0.1) is 0 Å². The van der Waals surface area contributed by atoms with Crippen LogP contribution < -0.4 is 5.32 Å². The monoisotopic (exact) mass is 349 g/mol. The molecule has 6 heteroatoms. The van der Waals surface area contributed by atoms with Gasteiger partial charge >= 0.3 is 0 Å². The van der Waals surface area contributed by atoms with Gasteiger partial charge in [-0.15, -0.1) is 0 Å². The Balaban J connectivity index is 2.11. The summed E-state index contributed by atoms with van der Waals surface area (Å²) in [6, 6.07) is 1.35. The summed E-state index contributed by atoms with van der Waals surface area (Å²) >= 11 is 3.52. The summed E-state index contributed by atoms with van der Waals surface area (Å²) in [6.45, 7) is 0. The van der Waals surface area contributed by atoms with E-state index in [-0.39, 0.29) is 16.4 Å². The molecule has 1 aliphatic carbocycles. The van der Waals surface area contributed by atoms with Crippen molar-refractivity contribution < 1.29 is 18.0 Å². The number of rotatable bonds is 2. The van der Waals surface area contributed by atoms with Crippen LogP contribution in [0.5, 0.6) is 0 Å². The highest BCUT2D eigenvalue weighted by Crippen LogP contribution is 2.24. The molecule has 0 aromatic heterocycles. The maximum Gasteiger partial charge on any atom is 0.251 e. The Hall–Kier alpha value is -1.04. The molecule has 0 saturated heterocycles. The zero-order chi connectivity index (χ0) is 14.7. The number of nitrogens with one attached hydrogen (secondary N) is 1. The third-order valence-corrected chi connectivity index (χ3v) is 4.59. The quantitative estimate of drug-likeness (QED) is 0.489. The number of amides is 1. The van der Waals surface area contributed by atoms with Crippen LogP contribution in [0.15, 0.2) is 12.1 Å². The fourth-order valence-corrected chi connectivity index (χ4v) is 3.08. The Morgan fingerprint density at radius 3 is 2.35 bits per heavy atom. The summed E-state index contributed by atoms with van der Waals surface area (Å²) in [4.78, 5) is 12.1. The fraction of sp³-hybridized carbons (Fsp3) is 0.500. The number of benzene rings is 1. The molecule has 2 unspecified atom stereocenters. The Bertz CT molecular complexity index is 486. The van der Waals surface area contributed by atoms with Crippen molar-refractivity contribution in [1.29, 1.82) is 0 Å². The van der Waals surface area contributed by atoms with Gasteiger partial charge in [-0.1, -0.05) is 35.2 Å². The third-order valence-electron chi connectivity index (χ3n) is 3.49. The number of carbonyl (C=O) groups is 1. The molecule has 0 heterocycles. The molecule has 0 spiro atoms. The van der Waals surface area contributed by atoms with Crippen LogP contribution in [0.4, 0.5) is 13.2 Å². The predicted molar refractivity (Wildman–Crippen MR) is 73.4 cm³/mol. The van der Waals surface area contributed by atoms with E-state index in [0.717, 1.165) is 32.1 Å². The maximum atomic E-state index is 13.1. The van der Waals surface area contributed by atoms with Crippen LogP contribution in [0.25, 0.3) is 0 Å². The van der Waals surface area contributed by atoms with Gasteiger partial charge < -0.3 is 5.32 Å². The van der Waals surface area contributed by atoms with Crippen LogP contribution in [0.2, 0.25) is 0 Å². The van der Waals surface area contributed by atoms with Crippen LogP contribution in [0.3, 0.4) is 0 Å². The molecule has 1 amide bonds. The predicted octanol–water partition coefficient (Wildman–Crippen LogP) is 3.93. The topological polar surface area (TPSA) is 29.1 Å². The highest BCUT2D eigenvalue weighted by Gasteiger charge is 2.24. The molecule has 1 N–H and O–H groups in total. The molecule has 110 valence electrons. The largest absolute Gasteiger partial charge is 0.348 e. The molecule has 2 rings (SSSR count). The lowest BCUT2D eigenvalue weighted by atomic mass is 10.1. The van der Waals surface area contributed by atoms with Crippen molar-refractivity contribution >= 4 is 21.8 Å². The smallest absolute Gasteiger partial charge is 0.251 e. The molecule has 1 aliphatic rings. The molecule has 2 atom stereocenters. The summed E-state index contributed by atoms with van der Waals surface area (Å²) in [6.07, 6.45) is 4.94. The lowest BCUT2D eigenvalue weighted by Gasteiger charge is -2.21. The average molecular weight is 350 g/mol. The van der Waals surface area contributed by atoms with Crippen LogP contribution in [-0.2, 0) is 0 Å². The van der Waals surface area contributed by atoms with E-state index in [4.69, 9.17) is 0 Å². The van der Waals surface area contributed by atoms with Gasteiger partial charge in [-0.05, 0) is 25.0 Å². The minimum atomic E-state index is -1.56. The highest BCUT2D eigenvalue weighted by molar-refractivity contribution is 9.09. The normalized spacial score (nSPS) is 23.2. The first-order valence-electron chi connectivity index (χ1n) is 6.58. The van der Waals surface area contributed by atoms with Gasteiger partial charge in [-0.25, -0.2) is 13.2 Å².